The van der Waals surface area contributed by atoms with Crippen molar-refractivity contribution in [3.63, 3.8) is 0 Å². The normalized spacial score (nSPS) is 10.7. The molecule has 18 heavy (non-hydrogen) atoms. The standard InChI is InChI=1S/C12H20ClN3O2/c1-4-10-15-11(13)9(2)12(16-10)14-5-6-18-8-7-17-3/h4-8H2,1-3H3,(H,14,15,16). The van der Waals surface area contributed by atoms with Crippen LogP contribution in [0.2, 0.25) is 5.15 Å². The highest BCUT2D eigenvalue weighted by Crippen LogP contribution is 2.19. The number of aromatic nitrogens is 2. The summed E-state index contributed by atoms with van der Waals surface area (Å²) in [6.07, 6.45) is 0.763. The Morgan fingerprint density at radius 2 is 2.00 bits per heavy atom. The molecule has 0 aliphatic heterocycles. The van der Waals surface area contributed by atoms with Gasteiger partial charge in [0.25, 0.3) is 0 Å². The summed E-state index contributed by atoms with van der Waals surface area (Å²) in [4.78, 5) is 8.59. The average molecular weight is 274 g/mol. The van der Waals surface area contributed by atoms with E-state index in [4.69, 9.17) is 21.1 Å². The third-order valence-electron chi connectivity index (χ3n) is 2.42. The Hall–Kier alpha value is -0.910. The minimum Gasteiger partial charge on any atom is -0.382 e. The van der Waals surface area contributed by atoms with Gasteiger partial charge < -0.3 is 14.8 Å². The van der Waals surface area contributed by atoms with E-state index in [1.165, 1.54) is 0 Å². The van der Waals surface area contributed by atoms with E-state index in [0.29, 0.717) is 31.5 Å². The van der Waals surface area contributed by atoms with Crippen molar-refractivity contribution < 1.29 is 9.47 Å². The molecule has 1 rings (SSSR count). The smallest absolute Gasteiger partial charge is 0.137 e. The van der Waals surface area contributed by atoms with Crippen LogP contribution >= 0.6 is 11.6 Å². The molecule has 0 unspecified atom stereocenters. The van der Waals surface area contributed by atoms with Gasteiger partial charge in [0, 0.05) is 25.6 Å². The van der Waals surface area contributed by atoms with Crippen LogP contribution in [0.5, 0.6) is 0 Å². The summed E-state index contributed by atoms with van der Waals surface area (Å²) in [6.45, 7) is 6.39. The second kappa shape index (κ2) is 8.24. The zero-order valence-corrected chi connectivity index (χ0v) is 11.9. The predicted molar refractivity (Wildman–Crippen MR) is 72.3 cm³/mol. The van der Waals surface area contributed by atoms with Gasteiger partial charge in [-0.05, 0) is 6.92 Å². The third kappa shape index (κ3) is 4.76. The molecule has 0 aromatic carbocycles. The van der Waals surface area contributed by atoms with E-state index in [-0.39, 0.29) is 0 Å². The number of methoxy groups -OCH3 is 1. The maximum atomic E-state index is 6.04. The summed E-state index contributed by atoms with van der Waals surface area (Å²) in [5.41, 5.74) is 0.866. The number of nitrogens with zero attached hydrogens (tertiary/aromatic N) is 2. The van der Waals surface area contributed by atoms with Crippen LogP contribution in [0.1, 0.15) is 18.3 Å². The van der Waals surface area contributed by atoms with Crippen molar-refractivity contribution in [3.05, 3.63) is 16.5 Å². The quantitative estimate of drug-likeness (QED) is 0.580. The Labute approximate surface area is 113 Å². The van der Waals surface area contributed by atoms with Crippen molar-refractivity contribution in [1.29, 1.82) is 0 Å². The SMILES string of the molecule is CCc1nc(Cl)c(C)c(NCCOCCOC)n1. The van der Waals surface area contributed by atoms with Crippen LogP contribution in [0.3, 0.4) is 0 Å². The number of halogens is 1. The van der Waals surface area contributed by atoms with Gasteiger partial charge in [-0.1, -0.05) is 18.5 Å². The van der Waals surface area contributed by atoms with Crippen LogP contribution in [0.4, 0.5) is 5.82 Å². The highest BCUT2D eigenvalue weighted by Gasteiger charge is 2.07. The molecule has 0 atom stereocenters. The molecule has 0 fully saturated rings. The van der Waals surface area contributed by atoms with Gasteiger partial charge in [0.2, 0.25) is 0 Å². The number of rotatable bonds is 8. The lowest BCUT2D eigenvalue weighted by Crippen LogP contribution is -2.14. The highest BCUT2D eigenvalue weighted by atomic mass is 35.5. The fraction of sp³-hybridized carbons (Fsp3) is 0.667. The molecule has 0 radical (unpaired) electrons. The van der Waals surface area contributed by atoms with E-state index in [9.17, 15) is 0 Å². The van der Waals surface area contributed by atoms with E-state index in [0.717, 1.165) is 23.6 Å². The van der Waals surface area contributed by atoms with Crippen molar-refractivity contribution in [2.75, 3.05) is 38.8 Å². The van der Waals surface area contributed by atoms with Gasteiger partial charge in [0.15, 0.2) is 0 Å². The molecule has 102 valence electrons. The van der Waals surface area contributed by atoms with Crippen LogP contribution in [0.25, 0.3) is 0 Å². The Morgan fingerprint density at radius 1 is 1.22 bits per heavy atom. The van der Waals surface area contributed by atoms with Crippen molar-refractivity contribution >= 4 is 17.4 Å². The Bertz CT molecular complexity index is 375. The van der Waals surface area contributed by atoms with Gasteiger partial charge in [-0.3, -0.25) is 0 Å². The summed E-state index contributed by atoms with van der Waals surface area (Å²) in [5, 5.41) is 3.71. The van der Waals surface area contributed by atoms with Crippen molar-refractivity contribution in [2.45, 2.75) is 20.3 Å². The zero-order valence-electron chi connectivity index (χ0n) is 11.1. The van der Waals surface area contributed by atoms with Gasteiger partial charge in [0.1, 0.15) is 16.8 Å². The van der Waals surface area contributed by atoms with Crippen LogP contribution in [0.15, 0.2) is 0 Å². The average Bonchev–Trinajstić information content (AvgIpc) is 2.38. The van der Waals surface area contributed by atoms with Crippen LogP contribution in [-0.2, 0) is 15.9 Å². The molecular weight excluding hydrogens is 254 g/mol. The summed E-state index contributed by atoms with van der Waals surface area (Å²) in [7, 11) is 1.65. The van der Waals surface area contributed by atoms with E-state index in [2.05, 4.69) is 15.3 Å². The number of ether oxygens (including phenoxy) is 2. The fourth-order valence-corrected chi connectivity index (χ4v) is 1.54. The molecule has 0 spiro atoms. The van der Waals surface area contributed by atoms with E-state index < -0.39 is 0 Å². The minimum absolute atomic E-state index is 0.504. The van der Waals surface area contributed by atoms with E-state index in [1.54, 1.807) is 7.11 Å². The third-order valence-corrected chi connectivity index (χ3v) is 2.79. The molecular formula is C12H20ClN3O2. The molecule has 0 amide bonds. The Morgan fingerprint density at radius 3 is 2.67 bits per heavy atom. The number of hydrogen-bond donors (Lipinski definition) is 1. The fourth-order valence-electron chi connectivity index (χ4n) is 1.35. The maximum Gasteiger partial charge on any atom is 0.137 e. The second-order valence-electron chi connectivity index (χ2n) is 3.79. The van der Waals surface area contributed by atoms with Gasteiger partial charge in [-0.15, -0.1) is 0 Å². The van der Waals surface area contributed by atoms with Crippen molar-refractivity contribution in [3.8, 4) is 0 Å². The first-order valence-electron chi connectivity index (χ1n) is 6.02. The van der Waals surface area contributed by atoms with Gasteiger partial charge in [-0.25, -0.2) is 9.97 Å². The summed E-state index contributed by atoms with van der Waals surface area (Å²) >= 11 is 6.04. The number of anilines is 1. The summed E-state index contributed by atoms with van der Waals surface area (Å²) in [5.74, 6) is 1.52. The molecule has 1 heterocycles. The zero-order chi connectivity index (χ0) is 13.4. The minimum atomic E-state index is 0.504. The van der Waals surface area contributed by atoms with Crippen LogP contribution < -0.4 is 5.32 Å². The lowest BCUT2D eigenvalue weighted by molar-refractivity contribution is 0.0759. The maximum absolute atomic E-state index is 6.04. The molecule has 0 saturated heterocycles. The van der Waals surface area contributed by atoms with Gasteiger partial charge in [0.05, 0.1) is 19.8 Å². The predicted octanol–water partition coefficient (Wildman–Crippen LogP) is 2.08. The summed E-state index contributed by atoms with van der Waals surface area (Å²) in [6, 6.07) is 0. The molecule has 1 aromatic heterocycles. The molecule has 0 bridgehead atoms. The first-order chi connectivity index (χ1) is 8.69. The van der Waals surface area contributed by atoms with E-state index >= 15 is 0 Å². The molecule has 5 nitrogen and oxygen atoms in total. The van der Waals surface area contributed by atoms with Gasteiger partial charge in [-0.2, -0.15) is 0 Å². The number of aryl methyl sites for hydroxylation is 1. The lowest BCUT2D eigenvalue weighted by Gasteiger charge is -2.11. The van der Waals surface area contributed by atoms with Crippen LogP contribution in [0, 0.1) is 6.92 Å². The Kier molecular flexibility index (Phi) is 6.93. The van der Waals surface area contributed by atoms with Crippen molar-refractivity contribution in [2.24, 2.45) is 0 Å². The van der Waals surface area contributed by atoms with Gasteiger partial charge >= 0.3 is 0 Å². The molecule has 0 saturated carbocycles. The first-order valence-corrected chi connectivity index (χ1v) is 6.40. The largest absolute Gasteiger partial charge is 0.382 e. The number of hydrogen-bond acceptors (Lipinski definition) is 5. The Balaban J connectivity index is 2.44. The van der Waals surface area contributed by atoms with Crippen LogP contribution in [-0.4, -0.2) is 43.4 Å². The number of nitrogens with one attached hydrogen (secondary N) is 1. The summed E-state index contributed by atoms with van der Waals surface area (Å²) < 4.78 is 10.2. The molecule has 6 heteroatoms. The lowest BCUT2D eigenvalue weighted by atomic mass is 10.3. The second-order valence-corrected chi connectivity index (χ2v) is 4.15. The van der Waals surface area contributed by atoms with E-state index in [1.807, 2.05) is 13.8 Å². The monoisotopic (exact) mass is 273 g/mol. The molecule has 0 aliphatic carbocycles. The molecule has 1 aromatic rings. The first kappa shape index (κ1) is 15.1. The highest BCUT2D eigenvalue weighted by molar-refractivity contribution is 6.30. The topological polar surface area (TPSA) is 56.3 Å². The molecule has 0 aliphatic rings. The molecule has 1 N–H and O–H groups in total. The van der Waals surface area contributed by atoms with Crippen molar-refractivity contribution in [1.82, 2.24) is 9.97 Å².